The number of carboxylic acids is 1. The van der Waals surface area contributed by atoms with Crippen LogP contribution in [0.4, 0.5) is 0 Å². The Morgan fingerprint density at radius 3 is 1.64 bits per heavy atom. The average Bonchev–Trinajstić information content (AvgIpc) is 1.89. The largest absolute Gasteiger partial charge is 0.480 e. The van der Waals surface area contributed by atoms with Gasteiger partial charge in [-0.05, 0) is 5.41 Å². The van der Waals surface area contributed by atoms with Crippen LogP contribution in [0.3, 0.4) is 0 Å². The lowest BCUT2D eigenvalue weighted by Gasteiger charge is -2.22. The molecular weight excluding hydrogens is 142 g/mol. The third kappa shape index (κ3) is 5.85. The van der Waals surface area contributed by atoms with Crippen molar-refractivity contribution in [3.8, 4) is 0 Å². The van der Waals surface area contributed by atoms with Gasteiger partial charge >= 0.3 is 5.97 Å². The van der Waals surface area contributed by atoms with Crippen molar-refractivity contribution in [2.24, 2.45) is 11.1 Å². The van der Waals surface area contributed by atoms with Crippen molar-refractivity contribution < 1.29 is 9.90 Å². The zero-order valence-corrected chi connectivity index (χ0v) is 8.01. The zero-order valence-electron chi connectivity index (χ0n) is 8.01. The minimum absolute atomic E-state index is 0.341. The monoisotopic (exact) mass is 161 g/mol. The van der Waals surface area contributed by atoms with E-state index in [4.69, 9.17) is 10.8 Å². The SMILES string of the molecule is CC.CC(C)(C)C(N)C(=O)O. The van der Waals surface area contributed by atoms with Gasteiger partial charge in [-0.1, -0.05) is 34.6 Å². The van der Waals surface area contributed by atoms with Gasteiger partial charge in [0, 0.05) is 0 Å². The first-order valence-electron chi connectivity index (χ1n) is 3.84. The fourth-order valence-electron chi connectivity index (χ4n) is 0.370. The summed E-state index contributed by atoms with van der Waals surface area (Å²) in [5.74, 6) is -0.942. The molecule has 0 aliphatic carbocycles. The Hall–Kier alpha value is -0.570. The molecule has 0 spiro atoms. The predicted molar refractivity (Wildman–Crippen MR) is 46.4 cm³/mol. The molecule has 0 saturated heterocycles. The maximum atomic E-state index is 10.2. The molecule has 0 rings (SSSR count). The molecule has 1 atom stereocenters. The van der Waals surface area contributed by atoms with E-state index in [-0.39, 0.29) is 5.41 Å². The molecule has 0 aliphatic rings. The molecule has 0 saturated carbocycles. The van der Waals surface area contributed by atoms with Crippen LogP contribution in [-0.4, -0.2) is 17.1 Å². The predicted octanol–water partition coefficient (Wildman–Crippen LogP) is 1.47. The van der Waals surface area contributed by atoms with Crippen molar-refractivity contribution in [2.75, 3.05) is 0 Å². The van der Waals surface area contributed by atoms with Gasteiger partial charge in [-0.25, -0.2) is 0 Å². The molecule has 0 amide bonds. The smallest absolute Gasteiger partial charge is 0.321 e. The molecule has 0 fully saturated rings. The fourth-order valence-corrected chi connectivity index (χ4v) is 0.370. The van der Waals surface area contributed by atoms with Gasteiger partial charge in [0.15, 0.2) is 0 Å². The van der Waals surface area contributed by atoms with E-state index in [1.165, 1.54) is 0 Å². The third-order valence-electron chi connectivity index (χ3n) is 1.20. The summed E-state index contributed by atoms with van der Waals surface area (Å²) in [6, 6.07) is -0.766. The van der Waals surface area contributed by atoms with Gasteiger partial charge in [0.1, 0.15) is 6.04 Å². The van der Waals surface area contributed by atoms with Crippen molar-refractivity contribution in [1.29, 1.82) is 0 Å². The van der Waals surface area contributed by atoms with Crippen molar-refractivity contribution in [3.05, 3.63) is 0 Å². The highest BCUT2D eigenvalue weighted by Gasteiger charge is 2.26. The summed E-state index contributed by atoms with van der Waals surface area (Å²) in [5, 5.41) is 8.39. The molecule has 3 nitrogen and oxygen atoms in total. The van der Waals surface area contributed by atoms with E-state index in [9.17, 15) is 4.79 Å². The quantitative estimate of drug-likeness (QED) is 0.612. The molecule has 3 heteroatoms. The van der Waals surface area contributed by atoms with Gasteiger partial charge < -0.3 is 10.8 Å². The highest BCUT2D eigenvalue weighted by Crippen LogP contribution is 2.16. The van der Waals surface area contributed by atoms with Gasteiger partial charge in [0.05, 0.1) is 0 Å². The van der Waals surface area contributed by atoms with Crippen LogP contribution in [0, 0.1) is 5.41 Å². The molecule has 1 unspecified atom stereocenters. The summed E-state index contributed by atoms with van der Waals surface area (Å²) in [6.45, 7) is 9.39. The molecule has 0 bridgehead atoms. The number of carbonyl (C=O) groups is 1. The first kappa shape index (κ1) is 13.1. The van der Waals surface area contributed by atoms with Gasteiger partial charge in [0.25, 0.3) is 0 Å². The number of nitrogens with two attached hydrogens (primary N) is 1. The van der Waals surface area contributed by atoms with Crippen molar-refractivity contribution in [2.45, 2.75) is 40.7 Å². The molecular formula is C8H19NO2. The maximum Gasteiger partial charge on any atom is 0.321 e. The molecule has 0 aliphatic heterocycles. The second kappa shape index (κ2) is 5.13. The van der Waals surface area contributed by atoms with E-state index >= 15 is 0 Å². The standard InChI is InChI=1S/C6H13NO2.C2H6/c1-6(2,3)4(7)5(8)9;1-2/h4H,7H2,1-3H3,(H,8,9);1-2H3. The van der Waals surface area contributed by atoms with Crippen molar-refractivity contribution >= 4 is 5.97 Å². The molecule has 0 aromatic carbocycles. The lowest BCUT2D eigenvalue weighted by molar-refractivity contribution is -0.141. The molecule has 11 heavy (non-hydrogen) atoms. The first-order valence-corrected chi connectivity index (χ1v) is 3.84. The number of hydrogen-bond acceptors (Lipinski definition) is 2. The Morgan fingerprint density at radius 1 is 1.36 bits per heavy atom. The zero-order chi connectivity index (χ0) is 9.65. The summed E-state index contributed by atoms with van der Waals surface area (Å²) in [7, 11) is 0. The Kier molecular flexibility index (Phi) is 6.09. The summed E-state index contributed by atoms with van der Waals surface area (Å²) in [4.78, 5) is 10.2. The highest BCUT2D eigenvalue weighted by atomic mass is 16.4. The van der Waals surface area contributed by atoms with E-state index in [0.717, 1.165) is 0 Å². The Bertz CT molecular complexity index is 116. The van der Waals surface area contributed by atoms with E-state index in [2.05, 4.69) is 0 Å². The van der Waals surface area contributed by atoms with Crippen LogP contribution in [-0.2, 0) is 4.79 Å². The Balaban J connectivity index is 0. The van der Waals surface area contributed by atoms with Crippen LogP contribution in [0.15, 0.2) is 0 Å². The molecule has 0 aromatic rings. The second-order valence-electron chi connectivity index (χ2n) is 3.18. The number of carboxylic acid groups (broad SMARTS) is 1. The number of rotatable bonds is 1. The molecule has 0 heterocycles. The van der Waals surface area contributed by atoms with E-state index in [0.29, 0.717) is 0 Å². The van der Waals surface area contributed by atoms with Crippen LogP contribution in [0.5, 0.6) is 0 Å². The summed E-state index contributed by atoms with van der Waals surface area (Å²) in [6.07, 6.45) is 0. The number of aliphatic carboxylic acids is 1. The third-order valence-corrected chi connectivity index (χ3v) is 1.20. The Morgan fingerprint density at radius 2 is 1.64 bits per heavy atom. The van der Waals surface area contributed by atoms with Gasteiger partial charge in [-0.15, -0.1) is 0 Å². The maximum absolute atomic E-state index is 10.2. The first-order chi connectivity index (χ1) is 4.85. The van der Waals surface area contributed by atoms with E-state index in [1.807, 2.05) is 13.8 Å². The van der Waals surface area contributed by atoms with Crippen LogP contribution < -0.4 is 5.73 Å². The summed E-state index contributed by atoms with van der Waals surface area (Å²) in [5.41, 5.74) is 4.95. The van der Waals surface area contributed by atoms with Crippen LogP contribution in [0.2, 0.25) is 0 Å². The number of hydrogen-bond donors (Lipinski definition) is 2. The van der Waals surface area contributed by atoms with Crippen LogP contribution in [0.25, 0.3) is 0 Å². The summed E-state index contributed by atoms with van der Waals surface area (Å²) >= 11 is 0. The van der Waals surface area contributed by atoms with E-state index < -0.39 is 12.0 Å². The van der Waals surface area contributed by atoms with Crippen LogP contribution in [0.1, 0.15) is 34.6 Å². The lowest BCUT2D eigenvalue weighted by atomic mass is 9.88. The topological polar surface area (TPSA) is 63.3 Å². The Labute approximate surface area is 68.6 Å². The van der Waals surface area contributed by atoms with E-state index in [1.54, 1.807) is 20.8 Å². The van der Waals surface area contributed by atoms with Gasteiger partial charge in [0.2, 0.25) is 0 Å². The van der Waals surface area contributed by atoms with Crippen molar-refractivity contribution in [3.63, 3.8) is 0 Å². The fraction of sp³-hybridized carbons (Fsp3) is 0.875. The van der Waals surface area contributed by atoms with Crippen molar-refractivity contribution in [1.82, 2.24) is 0 Å². The second-order valence-corrected chi connectivity index (χ2v) is 3.18. The minimum atomic E-state index is -0.942. The highest BCUT2D eigenvalue weighted by molar-refractivity contribution is 5.74. The average molecular weight is 161 g/mol. The lowest BCUT2D eigenvalue weighted by Crippen LogP contribution is -2.41. The summed E-state index contributed by atoms with van der Waals surface area (Å²) < 4.78 is 0. The minimum Gasteiger partial charge on any atom is -0.480 e. The van der Waals surface area contributed by atoms with Gasteiger partial charge in [-0.2, -0.15) is 0 Å². The van der Waals surface area contributed by atoms with Gasteiger partial charge in [-0.3, -0.25) is 4.79 Å². The van der Waals surface area contributed by atoms with Crippen LogP contribution >= 0.6 is 0 Å². The normalized spacial score (nSPS) is 12.9. The molecule has 68 valence electrons. The molecule has 0 radical (unpaired) electrons. The molecule has 0 aromatic heterocycles. The molecule has 3 N–H and O–H groups in total.